The van der Waals surface area contributed by atoms with Gasteiger partial charge < -0.3 is 10.6 Å². The molecule has 0 spiro atoms. The van der Waals surface area contributed by atoms with E-state index < -0.39 is 0 Å². The maximum absolute atomic E-state index is 5.90. The van der Waals surface area contributed by atoms with Crippen molar-refractivity contribution in [1.29, 1.82) is 0 Å². The number of nitrogens with zero attached hydrogens (tertiary/aromatic N) is 3. The fourth-order valence-corrected chi connectivity index (χ4v) is 3.23. The van der Waals surface area contributed by atoms with E-state index in [-0.39, 0.29) is 0 Å². The molecule has 1 saturated heterocycles. The minimum atomic E-state index is 0.584. The SMILES string of the molecule is CN1CCN(c2cc(CN)cc3cc(C4CC4)cnc23)C1. The van der Waals surface area contributed by atoms with Gasteiger partial charge in [-0.05, 0) is 55.1 Å². The number of anilines is 1. The predicted octanol–water partition coefficient (Wildman–Crippen LogP) is 2.28. The van der Waals surface area contributed by atoms with Crippen molar-refractivity contribution in [3.8, 4) is 0 Å². The number of pyridine rings is 1. The highest BCUT2D eigenvalue weighted by molar-refractivity contribution is 5.92. The second-order valence-corrected chi connectivity index (χ2v) is 6.42. The maximum atomic E-state index is 5.90. The van der Waals surface area contributed by atoms with E-state index in [9.17, 15) is 0 Å². The molecule has 1 aromatic carbocycles. The first-order valence-electron chi connectivity index (χ1n) is 7.81. The van der Waals surface area contributed by atoms with Crippen LogP contribution in [0.15, 0.2) is 24.4 Å². The topological polar surface area (TPSA) is 45.4 Å². The summed E-state index contributed by atoms with van der Waals surface area (Å²) in [4.78, 5) is 9.53. The Morgan fingerprint density at radius 3 is 2.76 bits per heavy atom. The Bertz CT molecular complexity index is 678. The second-order valence-electron chi connectivity index (χ2n) is 6.42. The lowest BCUT2D eigenvalue weighted by molar-refractivity contribution is 0.421. The summed E-state index contributed by atoms with van der Waals surface area (Å²) in [5.74, 6) is 0.741. The molecule has 2 heterocycles. The van der Waals surface area contributed by atoms with Crippen molar-refractivity contribution in [2.24, 2.45) is 5.73 Å². The van der Waals surface area contributed by atoms with E-state index in [1.807, 2.05) is 0 Å². The van der Waals surface area contributed by atoms with E-state index in [0.717, 1.165) is 31.2 Å². The molecule has 110 valence electrons. The van der Waals surface area contributed by atoms with Gasteiger partial charge in [0.15, 0.2) is 0 Å². The quantitative estimate of drug-likeness (QED) is 0.938. The highest BCUT2D eigenvalue weighted by Crippen LogP contribution is 2.41. The number of hydrogen-bond donors (Lipinski definition) is 1. The first kappa shape index (κ1) is 13.0. The summed E-state index contributed by atoms with van der Waals surface area (Å²) in [6, 6.07) is 6.74. The van der Waals surface area contributed by atoms with Crippen molar-refractivity contribution >= 4 is 16.6 Å². The van der Waals surface area contributed by atoms with Gasteiger partial charge in [0.05, 0.1) is 17.9 Å². The van der Waals surface area contributed by atoms with Gasteiger partial charge in [-0.2, -0.15) is 0 Å². The molecule has 0 radical (unpaired) electrons. The zero-order valence-electron chi connectivity index (χ0n) is 12.5. The van der Waals surface area contributed by atoms with Crippen LogP contribution in [0, 0.1) is 0 Å². The lowest BCUT2D eigenvalue weighted by Crippen LogP contribution is -2.23. The van der Waals surface area contributed by atoms with Crippen LogP contribution in [-0.4, -0.2) is 36.7 Å². The first-order valence-corrected chi connectivity index (χ1v) is 7.81. The predicted molar refractivity (Wildman–Crippen MR) is 86.5 cm³/mol. The fraction of sp³-hybridized carbons (Fsp3) is 0.471. The van der Waals surface area contributed by atoms with E-state index in [4.69, 9.17) is 10.7 Å². The van der Waals surface area contributed by atoms with Crippen molar-refractivity contribution < 1.29 is 0 Å². The van der Waals surface area contributed by atoms with Crippen LogP contribution < -0.4 is 10.6 Å². The van der Waals surface area contributed by atoms with Crippen LogP contribution in [0.5, 0.6) is 0 Å². The van der Waals surface area contributed by atoms with E-state index in [1.165, 1.54) is 35.0 Å². The smallest absolute Gasteiger partial charge is 0.0936 e. The summed E-state index contributed by atoms with van der Waals surface area (Å²) in [5.41, 5.74) is 10.8. The zero-order chi connectivity index (χ0) is 14.4. The van der Waals surface area contributed by atoms with Crippen LogP contribution in [0.3, 0.4) is 0 Å². The Morgan fingerprint density at radius 1 is 1.24 bits per heavy atom. The van der Waals surface area contributed by atoms with Gasteiger partial charge in [-0.15, -0.1) is 0 Å². The molecule has 0 amide bonds. The lowest BCUT2D eigenvalue weighted by Gasteiger charge is -2.21. The molecular weight excluding hydrogens is 260 g/mol. The Labute approximate surface area is 125 Å². The summed E-state index contributed by atoms with van der Waals surface area (Å²) < 4.78 is 0. The maximum Gasteiger partial charge on any atom is 0.0936 e. The number of aromatic nitrogens is 1. The molecule has 2 aliphatic rings. The number of nitrogens with two attached hydrogens (primary N) is 1. The van der Waals surface area contributed by atoms with Gasteiger partial charge in [0, 0.05) is 31.2 Å². The van der Waals surface area contributed by atoms with E-state index in [0.29, 0.717) is 6.54 Å². The first-order chi connectivity index (χ1) is 10.2. The van der Waals surface area contributed by atoms with E-state index in [2.05, 4.69) is 41.2 Å². The number of likely N-dealkylation sites (N-methyl/N-ethyl adjacent to an activating group) is 1. The number of rotatable bonds is 3. The fourth-order valence-electron chi connectivity index (χ4n) is 3.23. The third-order valence-electron chi connectivity index (χ3n) is 4.63. The molecule has 2 N–H and O–H groups in total. The summed E-state index contributed by atoms with van der Waals surface area (Å²) in [6.45, 7) is 3.72. The normalized spacial score (nSPS) is 19.6. The van der Waals surface area contributed by atoms with Crippen LogP contribution in [0.4, 0.5) is 5.69 Å². The third kappa shape index (κ3) is 2.39. The van der Waals surface area contributed by atoms with Gasteiger partial charge in [0.1, 0.15) is 0 Å². The summed E-state index contributed by atoms with van der Waals surface area (Å²) >= 11 is 0. The van der Waals surface area contributed by atoms with Gasteiger partial charge in [0.2, 0.25) is 0 Å². The van der Waals surface area contributed by atoms with Gasteiger partial charge in [-0.25, -0.2) is 0 Å². The van der Waals surface area contributed by atoms with E-state index in [1.54, 1.807) is 0 Å². The highest BCUT2D eigenvalue weighted by Gasteiger charge is 2.25. The lowest BCUT2D eigenvalue weighted by atomic mass is 10.0. The Balaban J connectivity index is 1.83. The van der Waals surface area contributed by atoms with Crippen LogP contribution in [0.1, 0.15) is 29.9 Å². The van der Waals surface area contributed by atoms with E-state index >= 15 is 0 Å². The molecule has 1 aromatic heterocycles. The Morgan fingerprint density at radius 2 is 2.10 bits per heavy atom. The van der Waals surface area contributed by atoms with Crippen molar-refractivity contribution in [2.45, 2.75) is 25.3 Å². The summed E-state index contributed by atoms with van der Waals surface area (Å²) in [7, 11) is 2.16. The summed E-state index contributed by atoms with van der Waals surface area (Å²) in [5, 5.41) is 1.24. The molecule has 2 fully saturated rings. The second kappa shape index (κ2) is 4.97. The standard InChI is InChI=1S/C17H22N4/c1-20-4-5-21(11-20)16-7-12(9-18)6-14-8-15(13-2-3-13)10-19-17(14)16/h6-8,10,13H,2-5,9,11,18H2,1H3. The molecule has 1 saturated carbocycles. The van der Waals surface area contributed by atoms with Crippen molar-refractivity contribution in [3.63, 3.8) is 0 Å². The molecule has 1 aliphatic carbocycles. The molecular formula is C17H22N4. The Hall–Kier alpha value is -1.65. The molecule has 21 heavy (non-hydrogen) atoms. The van der Waals surface area contributed by atoms with Crippen molar-refractivity contribution in [3.05, 3.63) is 35.5 Å². The van der Waals surface area contributed by atoms with Gasteiger partial charge in [-0.3, -0.25) is 9.88 Å². The van der Waals surface area contributed by atoms with Crippen molar-refractivity contribution in [1.82, 2.24) is 9.88 Å². The average molecular weight is 282 g/mol. The molecule has 4 heteroatoms. The monoisotopic (exact) mass is 282 g/mol. The average Bonchev–Trinajstić information content (AvgIpc) is 3.27. The van der Waals surface area contributed by atoms with Gasteiger partial charge in [0.25, 0.3) is 0 Å². The zero-order valence-corrected chi connectivity index (χ0v) is 12.5. The molecule has 4 nitrogen and oxygen atoms in total. The largest absolute Gasteiger partial charge is 0.355 e. The third-order valence-corrected chi connectivity index (χ3v) is 4.63. The highest BCUT2D eigenvalue weighted by atomic mass is 15.4. The molecule has 0 bridgehead atoms. The molecule has 0 atom stereocenters. The minimum absolute atomic E-state index is 0.584. The molecule has 1 aliphatic heterocycles. The van der Waals surface area contributed by atoms with Gasteiger partial charge in [-0.1, -0.05) is 0 Å². The van der Waals surface area contributed by atoms with Crippen molar-refractivity contribution in [2.75, 3.05) is 31.7 Å². The summed E-state index contributed by atoms with van der Waals surface area (Å²) in [6.07, 6.45) is 4.70. The molecule has 0 unspecified atom stereocenters. The molecule has 4 rings (SSSR count). The van der Waals surface area contributed by atoms with Gasteiger partial charge >= 0.3 is 0 Å². The van der Waals surface area contributed by atoms with Crippen LogP contribution in [0.2, 0.25) is 0 Å². The molecule has 2 aromatic rings. The number of hydrogen-bond acceptors (Lipinski definition) is 4. The van der Waals surface area contributed by atoms with Crippen LogP contribution in [0.25, 0.3) is 10.9 Å². The van der Waals surface area contributed by atoms with Crippen LogP contribution >= 0.6 is 0 Å². The Kier molecular flexibility index (Phi) is 3.08. The number of fused-ring (bicyclic) bond motifs is 1. The van der Waals surface area contributed by atoms with Crippen LogP contribution in [-0.2, 0) is 6.54 Å². The minimum Gasteiger partial charge on any atom is -0.355 e. The number of benzene rings is 1.